The maximum Gasteiger partial charge on any atom is 0.175 e. The molecular weight excluding hydrogens is 426 g/mol. The van der Waals surface area contributed by atoms with E-state index in [9.17, 15) is 8.42 Å². The largest absolute Gasteiger partial charge is 0.375 e. The van der Waals surface area contributed by atoms with Crippen molar-refractivity contribution >= 4 is 26.9 Å². The molecular formula is C24H33N3O4S. The summed E-state index contributed by atoms with van der Waals surface area (Å²) >= 11 is 0. The molecule has 2 aromatic carbocycles. The lowest BCUT2D eigenvalue weighted by Crippen LogP contribution is -2.18. The Labute approximate surface area is 191 Å². The number of sulfone groups is 1. The van der Waals surface area contributed by atoms with E-state index in [4.69, 9.17) is 9.78 Å². The van der Waals surface area contributed by atoms with Gasteiger partial charge in [0.1, 0.15) is 6.61 Å². The quantitative estimate of drug-likeness (QED) is 0.113. The zero-order chi connectivity index (χ0) is 23.4. The number of hydrogen-bond donors (Lipinski definition) is 0. The summed E-state index contributed by atoms with van der Waals surface area (Å²) < 4.78 is 23.0. The molecule has 7 nitrogen and oxygen atoms in total. The van der Waals surface area contributed by atoms with E-state index in [1.165, 1.54) is 18.4 Å². The van der Waals surface area contributed by atoms with Crippen LogP contribution in [0.15, 0.2) is 75.8 Å². The zero-order valence-corrected chi connectivity index (χ0v) is 20.0. The Morgan fingerprint density at radius 1 is 0.906 bits per heavy atom. The molecule has 0 aliphatic rings. The molecule has 0 saturated heterocycles. The van der Waals surface area contributed by atoms with E-state index in [1.807, 2.05) is 31.2 Å². The molecule has 8 heteroatoms. The lowest BCUT2D eigenvalue weighted by atomic mass is 10.2. The number of hydrogen-bond acceptors (Lipinski definition) is 7. The van der Waals surface area contributed by atoms with E-state index in [0.717, 1.165) is 49.2 Å². The van der Waals surface area contributed by atoms with Crippen molar-refractivity contribution in [3.8, 4) is 0 Å². The second kappa shape index (κ2) is 13.1. The van der Waals surface area contributed by atoms with Crippen LogP contribution in [0.5, 0.6) is 0 Å². The molecule has 0 heterocycles. The summed E-state index contributed by atoms with van der Waals surface area (Å²) in [6.07, 6.45) is 5.51. The molecule has 0 radical (unpaired) electrons. The Hall–Kier alpha value is -2.55. The maximum atomic E-state index is 11.5. The van der Waals surface area contributed by atoms with E-state index >= 15 is 0 Å². The first-order valence-electron chi connectivity index (χ1n) is 10.7. The van der Waals surface area contributed by atoms with Crippen LogP contribution >= 0.6 is 0 Å². The molecule has 0 aliphatic heterocycles. The van der Waals surface area contributed by atoms with Gasteiger partial charge in [0, 0.05) is 25.5 Å². The van der Waals surface area contributed by atoms with E-state index < -0.39 is 9.84 Å². The Morgan fingerprint density at radius 2 is 1.47 bits per heavy atom. The fourth-order valence-corrected chi connectivity index (χ4v) is 3.47. The van der Waals surface area contributed by atoms with Crippen LogP contribution in [0.1, 0.15) is 32.6 Å². The summed E-state index contributed by atoms with van der Waals surface area (Å²) in [5.74, 6) is 0. The number of nitrogens with zero attached hydrogens (tertiary/aromatic N) is 3. The van der Waals surface area contributed by atoms with Crippen LogP contribution in [0.3, 0.4) is 0 Å². The summed E-state index contributed by atoms with van der Waals surface area (Å²) in [5, 5.41) is 8.40. The third kappa shape index (κ3) is 9.72. The molecule has 0 aromatic heterocycles. The van der Waals surface area contributed by atoms with Crippen molar-refractivity contribution in [3.05, 3.63) is 60.7 Å². The Balaban J connectivity index is 1.70. The summed E-state index contributed by atoms with van der Waals surface area (Å²) in [5.41, 5.74) is 3.41. The van der Waals surface area contributed by atoms with Crippen molar-refractivity contribution in [3.63, 3.8) is 0 Å². The van der Waals surface area contributed by atoms with Gasteiger partial charge >= 0.3 is 0 Å². The highest BCUT2D eigenvalue weighted by atomic mass is 32.2. The Morgan fingerprint density at radius 3 is 2.03 bits per heavy atom. The van der Waals surface area contributed by atoms with Crippen LogP contribution in [0.2, 0.25) is 0 Å². The third-order valence-electron chi connectivity index (χ3n) is 4.70. The second-order valence-corrected chi connectivity index (χ2v) is 9.88. The van der Waals surface area contributed by atoms with Gasteiger partial charge in [0.05, 0.1) is 22.9 Å². The topological polar surface area (TPSA) is 80.6 Å². The highest BCUT2D eigenvalue weighted by Crippen LogP contribution is 2.23. The smallest absolute Gasteiger partial charge is 0.175 e. The highest BCUT2D eigenvalue weighted by Gasteiger charge is 2.06. The number of rotatable bonds is 14. The zero-order valence-electron chi connectivity index (χ0n) is 19.2. The van der Waals surface area contributed by atoms with E-state index in [1.54, 1.807) is 12.1 Å². The minimum Gasteiger partial charge on any atom is -0.375 e. The van der Waals surface area contributed by atoms with Gasteiger partial charge in [-0.05, 0) is 68.3 Å². The fraction of sp³-hybridized carbons (Fsp3) is 0.417. The maximum absolute atomic E-state index is 11.5. The highest BCUT2D eigenvalue weighted by molar-refractivity contribution is 7.90. The number of unbranched alkanes of at least 4 members (excludes halogenated alkanes) is 3. The lowest BCUT2D eigenvalue weighted by Gasteiger charge is -2.19. The van der Waals surface area contributed by atoms with Gasteiger partial charge in [-0.25, -0.2) is 18.2 Å². The van der Waals surface area contributed by atoms with Crippen LogP contribution in [-0.2, 0) is 19.6 Å². The molecule has 0 aliphatic carbocycles. The monoisotopic (exact) mass is 459 g/mol. The number of benzene rings is 2. The van der Waals surface area contributed by atoms with Gasteiger partial charge in [-0.1, -0.05) is 25.0 Å². The first-order valence-corrected chi connectivity index (χ1v) is 12.6. The average molecular weight is 460 g/mol. The third-order valence-corrected chi connectivity index (χ3v) is 5.82. The summed E-state index contributed by atoms with van der Waals surface area (Å²) in [7, 11) is -1.13. The van der Waals surface area contributed by atoms with Gasteiger partial charge < -0.3 is 4.90 Å². The van der Waals surface area contributed by atoms with Crippen molar-refractivity contribution in [1.82, 2.24) is 0 Å². The van der Waals surface area contributed by atoms with Gasteiger partial charge in [0.25, 0.3) is 0 Å². The summed E-state index contributed by atoms with van der Waals surface area (Å²) in [6, 6.07) is 14.2. The predicted molar refractivity (Wildman–Crippen MR) is 129 cm³/mol. The first-order chi connectivity index (χ1) is 15.3. The van der Waals surface area contributed by atoms with Crippen molar-refractivity contribution < 1.29 is 18.2 Å². The number of azo groups is 1. The number of anilines is 1. The van der Waals surface area contributed by atoms with Crippen LogP contribution in [0.4, 0.5) is 17.1 Å². The van der Waals surface area contributed by atoms with Crippen molar-refractivity contribution in [2.45, 2.75) is 37.5 Å². The van der Waals surface area contributed by atoms with E-state index in [2.05, 4.69) is 28.8 Å². The molecule has 2 rings (SSSR count). The van der Waals surface area contributed by atoms with Gasteiger partial charge in [0.2, 0.25) is 0 Å². The molecule has 32 heavy (non-hydrogen) atoms. The Kier molecular flexibility index (Phi) is 10.5. The van der Waals surface area contributed by atoms with Crippen LogP contribution in [-0.4, -0.2) is 41.5 Å². The molecule has 0 fully saturated rings. The van der Waals surface area contributed by atoms with Gasteiger partial charge in [-0.15, -0.1) is 0 Å². The average Bonchev–Trinajstić information content (AvgIpc) is 2.76. The molecule has 0 unspecified atom stereocenters. The molecule has 0 bridgehead atoms. The minimum atomic E-state index is -3.21. The van der Waals surface area contributed by atoms with E-state index in [0.29, 0.717) is 18.9 Å². The molecule has 0 atom stereocenters. The van der Waals surface area contributed by atoms with E-state index in [-0.39, 0.29) is 4.90 Å². The van der Waals surface area contributed by atoms with Crippen LogP contribution in [0.25, 0.3) is 0 Å². The first kappa shape index (κ1) is 25.7. The molecule has 0 spiro atoms. The minimum absolute atomic E-state index is 0.268. The molecule has 0 saturated carbocycles. The predicted octanol–water partition coefficient (Wildman–Crippen LogP) is 6.03. The summed E-state index contributed by atoms with van der Waals surface area (Å²) in [6.45, 7) is 7.69. The SMILES string of the molecule is C=C(C)COOCCCCCCN(C)c1ccc(/N=N/c2ccc(S(C)(=O)=O)cc2)cc1. The van der Waals surface area contributed by atoms with Crippen LogP contribution < -0.4 is 4.90 Å². The summed E-state index contributed by atoms with van der Waals surface area (Å²) in [4.78, 5) is 12.6. The standard InChI is InChI=1S/C24H33N3O4S/c1-20(2)19-31-30-18-8-6-5-7-17-27(3)23-13-9-21(10-14-23)25-26-22-11-15-24(16-12-22)32(4,28)29/h9-16H,1,5-8,17-19H2,2-4H3/b26-25+. The van der Waals surface area contributed by atoms with Gasteiger partial charge in [-0.3, -0.25) is 0 Å². The normalized spacial score (nSPS) is 11.7. The van der Waals surface area contributed by atoms with Crippen molar-refractivity contribution in [1.29, 1.82) is 0 Å². The van der Waals surface area contributed by atoms with Crippen molar-refractivity contribution in [2.75, 3.05) is 38.0 Å². The lowest BCUT2D eigenvalue weighted by molar-refractivity contribution is -0.288. The second-order valence-electron chi connectivity index (χ2n) is 7.86. The van der Waals surface area contributed by atoms with Gasteiger partial charge in [-0.2, -0.15) is 10.2 Å². The Bertz CT molecular complexity index is 971. The fourth-order valence-electron chi connectivity index (χ4n) is 2.84. The molecule has 0 amide bonds. The molecule has 2 aromatic rings. The van der Waals surface area contributed by atoms with Crippen molar-refractivity contribution in [2.24, 2.45) is 10.2 Å². The van der Waals surface area contributed by atoms with Crippen LogP contribution in [0, 0.1) is 0 Å². The molecule has 0 N–H and O–H groups in total. The molecule has 174 valence electrons. The van der Waals surface area contributed by atoms with Gasteiger partial charge in [0.15, 0.2) is 9.84 Å².